The number of hydrogen-bond donors (Lipinski definition) is 1. The van der Waals surface area contributed by atoms with Gasteiger partial charge in [-0.1, -0.05) is 36.4 Å². The van der Waals surface area contributed by atoms with Gasteiger partial charge in [-0.2, -0.15) is 0 Å². The Kier molecular flexibility index (Phi) is 2.80. The molecule has 1 heterocycles. The summed E-state index contributed by atoms with van der Waals surface area (Å²) in [4.78, 5) is 0. The lowest BCUT2D eigenvalue weighted by molar-refractivity contribution is 0.304. The van der Waals surface area contributed by atoms with Crippen LogP contribution in [0.4, 0.5) is 0 Å². The van der Waals surface area contributed by atoms with Crippen LogP contribution in [0.15, 0.2) is 61.0 Å². The van der Waals surface area contributed by atoms with E-state index >= 15 is 0 Å². The molecule has 17 heavy (non-hydrogen) atoms. The highest BCUT2D eigenvalue weighted by Gasteiger charge is 2.22. The summed E-state index contributed by atoms with van der Waals surface area (Å²) >= 11 is 0. The van der Waals surface area contributed by atoms with E-state index in [0.29, 0.717) is 6.04 Å². The van der Waals surface area contributed by atoms with Gasteiger partial charge in [0.1, 0.15) is 0 Å². The Balaban J connectivity index is 1.75. The van der Waals surface area contributed by atoms with E-state index in [0.717, 1.165) is 0 Å². The molecule has 2 aliphatic rings. The molecule has 0 radical (unpaired) electrons. The molecule has 0 saturated heterocycles. The number of benzene rings is 1. The van der Waals surface area contributed by atoms with E-state index in [1.54, 1.807) is 0 Å². The smallest absolute Gasteiger partial charge is 0.0521 e. The number of nitrogens with one attached hydrogen (secondary N) is 1. The minimum absolute atomic E-state index is 0.429. The Morgan fingerprint density at radius 3 is 2.59 bits per heavy atom. The maximum atomic E-state index is 3.53. The second kappa shape index (κ2) is 4.60. The van der Waals surface area contributed by atoms with E-state index in [9.17, 15) is 0 Å². The molecule has 1 atom stereocenters. The monoisotopic (exact) mass is 224 g/mol. The van der Waals surface area contributed by atoms with Crippen molar-refractivity contribution in [3.05, 3.63) is 72.1 Å². The molecule has 1 aliphatic carbocycles. The predicted molar refractivity (Wildman–Crippen MR) is 69.9 cm³/mol. The van der Waals surface area contributed by atoms with Crippen LogP contribution >= 0.6 is 0 Å². The molecule has 0 spiro atoms. The summed E-state index contributed by atoms with van der Waals surface area (Å²) in [6, 6.07) is 9.13. The fraction of sp³-hybridized carbons (Fsp3) is 0.200. The second-order valence-corrected chi connectivity index (χ2v) is 4.39. The van der Waals surface area contributed by atoms with Gasteiger partial charge in [0.25, 0.3) is 0 Å². The summed E-state index contributed by atoms with van der Waals surface area (Å²) < 4.78 is 0. The minimum Gasteiger partial charge on any atom is -0.291 e. The molecule has 1 aromatic rings. The van der Waals surface area contributed by atoms with Crippen LogP contribution in [0.3, 0.4) is 0 Å². The topological polar surface area (TPSA) is 15.3 Å². The first-order chi connectivity index (χ1) is 8.43. The minimum atomic E-state index is 0.429. The number of aryl methyl sites for hydroxylation is 1. The van der Waals surface area contributed by atoms with Crippen LogP contribution in [0.1, 0.15) is 23.6 Å². The highest BCUT2D eigenvalue weighted by molar-refractivity contribution is 5.34. The van der Waals surface area contributed by atoms with Gasteiger partial charge in [0, 0.05) is 12.4 Å². The molecule has 0 aromatic heterocycles. The Hall–Kier alpha value is -1.80. The van der Waals surface area contributed by atoms with Crippen molar-refractivity contribution < 1.29 is 0 Å². The maximum absolute atomic E-state index is 3.53. The lowest BCUT2D eigenvalue weighted by Crippen LogP contribution is -2.31. The Labute approximate surface area is 102 Å². The van der Waals surface area contributed by atoms with Gasteiger partial charge < -0.3 is 0 Å². The van der Waals surface area contributed by atoms with Crippen LogP contribution < -0.4 is 5.43 Å². The second-order valence-electron chi connectivity index (χ2n) is 4.39. The third-order valence-electron chi connectivity index (χ3n) is 3.26. The summed E-state index contributed by atoms with van der Waals surface area (Å²) in [7, 11) is 0. The molecule has 1 unspecified atom stereocenters. The number of nitrogens with zero attached hydrogens (tertiary/aromatic N) is 1. The predicted octanol–water partition coefficient (Wildman–Crippen LogP) is 3.08. The summed E-state index contributed by atoms with van der Waals surface area (Å²) in [5.41, 5.74) is 6.45. The summed E-state index contributed by atoms with van der Waals surface area (Å²) in [5.74, 6) is 0. The first kappa shape index (κ1) is 10.4. The lowest BCUT2D eigenvalue weighted by Gasteiger charge is -2.22. The van der Waals surface area contributed by atoms with E-state index in [2.05, 4.69) is 29.7 Å². The highest BCUT2D eigenvalue weighted by Crippen LogP contribution is 2.30. The molecule has 1 aromatic carbocycles. The van der Waals surface area contributed by atoms with Gasteiger partial charge in [0.15, 0.2) is 0 Å². The summed E-state index contributed by atoms with van der Waals surface area (Å²) in [6.45, 7) is 0. The number of allylic oxidation sites excluding steroid dienone is 4. The molecule has 0 fully saturated rings. The van der Waals surface area contributed by atoms with Crippen molar-refractivity contribution in [1.82, 2.24) is 10.4 Å². The fourth-order valence-corrected chi connectivity index (χ4v) is 2.42. The van der Waals surface area contributed by atoms with E-state index in [-0.39, 0.29) is 0 Å². The summed E-state index contributed by atoms with van der Waals surface area (Å²) in [5, 5.41) is 2.03. The molecule has 1 aliphatic heterocycles. The number of fused-ring (bicyclic) bond motifs is 1. The zero-order valence-electron chi connectivity index (χ0n) is 9.71. The average molecular weight is 224 g/mol. The normalized spacial score (nSPS) is 21.6. The largest absolute Gasteiger partial charge is 0.291 e. The van der Waals surface area contributed by atoms with Gasteiger partial charge in [0.05, 0.1) is 6.04 Å². The fourth-order valence-electron chi connectivity index (χ4n) is 2.42. The number of hydrogen-bond acceptors (Lipinski definition) is 2. The van der Waals surface area contributed by atoms with Crippen molar-refractivity contribution in [3.63, 3.8) is 0 Å². The maximum Gasteiger partial charge on any atom is 0.0521 e. The van der Waals surface area contributed by atoms with Gasteiger partial charge in [-0.3, -0.25) is 5.01 Å². The molecular weight excluding hydrogens is 208 g/mol. The van der Waals surface area contributed by atoms with Gasteiger partial charge >= 0.3 is 0 Å². The number of hydrazine groups is 1. The van der Waals surface area contributed by atoms with Crippen LogP contribution in [0.25, 0.3) is 0 Å². The zero-order chi connectivity index (χ0) is 11.5. The van der Waals surface area contributed by atoms with E-state index < -0.39 is 0 Å². The lowest BCUT2D eigenvalue weighted by atomic mass is 10.1. The molecule has 2 nitrogen and oxygen atoms in total. The van der Waals surface area contributed by atoms with Gasteiger partial charge in [0.2, 0.25) is 0 Å². The standard InChI is InChI=1S/C15H16N2/c1-2-6-12-17(11-5-1)16-15-10-9-13-7-3-4-8-14(13)15/h1-8,11-12,15-16H,9-10H2. The Morgan fingerprint density at radius 1 is 1.00 bits per heavy atom. The molecule has 0 amide bonds. The first-order valence-electron chi connectivity index (χ1n) is 6.07. The summed E-state index contributed by atoms with van der Waals surface area (Å²) in [6.07, 6.45) is 14.6. The SMILES string of the molecule is C1=CC=CN(NC2CCc3ccccc32)C=C1. The average Bonchev–Trinajstić information content (AvgIpc) is 2.59. The van der Waals surface area contributed by atoms with Crippen LogP contribution in [0.5, 0.6) is 0 Å². The van der Waals surface area contributed by atoms with Gasteiger partial charge in [-0.25, -0.2) is 5.43 Å². The van der Waals surface area contributed by atoms with Gasteiger partial charge in [-0.15, -0.1) is 0 Å². The van der Waals surface area contributed by atoms with Crippen molar-refractivity contribution in [1.29, 1.82) is 0 Å². The van der Waals surface area contributed by atoms with Crippen LogP contribution in [-0.2, 0) is 6.42 Å². The Morgan fingerprint density at radius 2 is 1.76 bits per heavy atom. The van der Waals surface area contributed by atoms with Crippen molar-refractivity contribution in [2.45, 2.75) is 18.9 Å². The van der Waals surface area contributed by atoms with E-state index in [1.165, 1.54) is 24.0 Å². The molecule has 3 rings (SSSR count). The van der Waals surface area contributed by atoms with Crippen LogP contribution in [-0.4, -0.2) is 5.01 Å². The Bertz CT molecular complexity index is 469. The number of rotatable bonds is 2. The van der Waals surface area contributed by atoms with Crippen molar-refractivity contribution in [3.8, 4) is 0 Å². The quantitative estimate of drug-likeness (QED) is 0.830. The molecule has 2 heteroatoms. The molecule has 86 valence electrons. The van der Waals surface area contributed by atoms with Gasteiger partial charge in [-0.05, 0) is 36.1 Å². The third kappa shape index (κ3) is 2.17. The van der Waals surface area contributed by atoms with Crippen molar-refractivity contribution >= 4 is 0 Å². The zero-order valence-corrected chi connectivity index (χ0v) is 9.71. The molecular formula is C15H16N2. The molecule has 0 bridgehead atoms. The molecule has 1 N–H and O–H groups in total. The third-order valence-corrected chi connectivity index (χ3v) is 3.26. The van der Waals surface area contributed by atoms with Crippen molar-refractivity contribution in [2.75, 3.05) is 0 Å². The molecule has 0 saturated carbocycles. The first-order valence-corrected chi connectivity index (χ1v) is 6.07. The highest BCUT2D eigenvalue weighted by atomic mass is 15.5. The van der Waals surface area contributed by atoms with E-state index in [4.69, 9.17) is 0 Å². The van der Waals surface area contributed by atoms with Crippen LogP contribution in [0.2, 0.25) is 0 Å². The van der Waals surface area contributed by atoms with Crippen molar-refractivity contribution in [2.24, 2.45) is 0 Å². The van der Waals surface area contributed by atoms with Crippen LogP contribution in [0, 0.1) is 0 Å². The van der Waals surface area contributed by atoms with E-state index in [1.807, 2.05) is 41.7 Å².